The number of likely N-dealkylation sites (tertiary alicyclic amines) is 1. The van der Waals surface area contributed by atoms with Gasteiger partial charge in [-0.25, -0.2) is 4.98 Å². The number of imidazole rings is 1. The number of amides is 1. The first-order chi connectivity index (χ1) is 10.0. The number of fused-ring (bicyclic) bond motifs is 1. The second-order valence-electron chi connectivity index (χ2n) is 6.00. The van der Waals surface area contributed by atoms with Crippen LogP contribution in [0.2, 0.25) is 0 Å². The van der Waals surface area contributed by atoms with Gasteiger partial charge in [-0.1, -0.05) is 6.92 Å². The summed E-state index contributed by atoms with van der Waals surface area (Å²) in [5.41, 5.74) is 1.05. The minimum atomic E-state index is -0.0774. The number of piperidine rings is 1. The molecular weight excluding hydrogens is 286 g/mol. The number of aromatic nitrogens is 2. The van der Waals surface area contributed by atoms with Gasteiger partial charge in [0.25, 0.3) is 0 Å². The molecular formula is C15H21N3O2S. The SMILES string of the molecule is COCC(=O)N1CCCC(C)(c2nc(C)n3ccsc23)C1. The van der Waals surface area contributed by atoms with E-state index in [1.807, 2.05) is 11.8 Å². The summed E-state index contributed by atoms with van der Waals surface area (Å²) in [6.45, 7) is 5.95. The van der Waals surface area contributed by atoms with Crippen LogP contribution in [0.25, 0.3) is 4.83 Å². The fraction of sp³-hybridized carbons (Fsp3) is 0.600. The number of methoxy groups -OCH3 is 1. The molecule has 1 aliphatic heterocycles. The molecule has 1 unspecified atom stereocenters. The number of aryl methyl sites for hydroxylation is 1. The average Bonchev–Trinajstić information content (AvgIpc) is 3.04. The fourth-order valence-electron chi connectivity index (χ4n) is 3.22. The molecule has 6 heteroatoms. The molecule has 0 aromatic carbocycles. The van der Waals surface area contributed by atoms with Gasteiger partial charge in [0.15, 0.2) is 0 Å². The van der Waals surface area contributed by atoms with Crippen LogP contribution in [0.5, 0.6) is 0 Å². The predicted molar refractivity (Wildman–Crippen MR) is 82.8 cm³/mol. The smallest absolute Gasteiger partial charge is 0.248 e. The lowest BCUT2D eigenvalue weighted by molar-refractivity contribution is -0.137. The summed E-state index contributed by atoms with van der Waals surface area (Å²) < 4.78 is 7.12. The third-order valence-corrected chi connectivity index (χ3v) is 5.19. The highest BCUT2D eigenvalue weighted by Crippen LogP contribution is 2.37. The quantitative estimate of drug-likeness (QED) is 0.873. The van der Waals surface area contributed by atoms with E-state index < -0.39 is 0 Å². The third kappa shape index (κ3) is 2.46. The van der Waals surface area contributed by atoms with Gasteiger partial charge in [-0.15, -0.1) is 11.3 Å². The molecule has 21 heavy (non-hydrogen) atoms. The maximum Gasteiger partial charge on any atom is 0.248 e. The van der Waals surface area contributed by atoms with E-state index in [9.17, 15) is 4.79 Å². The zero-order chi connectivity index (χ0) is 15.0. The van der Waals surface area contributed by atoms with Gasteiger partial charge in [-0.2, -0.15) is 0 Å². The number of carbonyl (C=O) groups excluding carboxylic acids is 1. The molecule has 0 N–H and O–H groups in total. The summed E-state index contributed by atoms with van der Waals surface area (Å²) in [5, 5.41) is 2.09. The molecule has 5 nitrogen and oxygen atoms in total. The Morgan fingerprint density at radius 1 is 1.57 bits per heavy atom. The van der Waals surface area contributed by atoms with Crippen molar-refractivity contribution in [1.29, 1.82) is 0 Å². The topological polar surface area (TPSA) is 46.8 Å². The van der Waals surface area contributed by atoms with E-state index in [1.54, 1.807) is 18.4 Å². The Morgan fingerprint density at radius 3 is 3.14 bits per heavy atom. The second kappa shape index (κ2) is 5.42. The van der Waals surface area contributed by atoms with Gasteiger partial charge in [0.05, 0.1) is 5.69 Å². The Balaban J connectivity index is 1.92. The molecule has 1 aliphatic rings. The molecule has 0 spiro atoms. The maximum absolute atomic E-state index is 12.1. The van der Waals surface area contributed by atoms with E-state index in [4.69, 9.17) is 9.72 Å². The monoisotopic (exact) mass is 307 g/mol. The first kappa shape index (κ1) is 14.5. The molecule has 2 aromatic rings. The normalized spacial score (nSPS) is 22.9. The van der Waals surface area contributed by atoms with E-state index >= 15 is 0 Å². The molecule has 0 aliphatic carbocycles. The molecule has 0 radical (unpaired) electrons. The Morgan fingerprint density at radius 2 is 2.38 bits per heavy atom. The van der Waals surface area contributed by atoms with Crippen molar-refractivity contribution < 1.29 is 9.53 Å². The summed E-state index contributed by atoms with van der Waals surface area (Å²) in [6.07, 6.45) is 4.13. The Bertz CT molecular complexity index is 663. The van der Waals surface area contributed by atoms with Gasteiger partial charge >= 0.3 is 0 Å². The van der Waals surface area contributed by atoms with Crippen LogP contribution < -0.4 is 0 Å². The minimum absolute atomic E-state index is 0.0711. The van der Waals surface area contributed by atoms with Crippen molar-refractivity contribution in [3.63, 3.8) is 0 Å². The van der Waals surface area contributed by atoms with Crippen LogP contribution in [0.1, 0.15) is 31.3 Å². The maximum atomic E-state index is 12.1. The zero-order valence-electron chi connectivity index (χ0n) is 12.8. The number of ether oxygens (including phenoxy) is 1. The van der Waals surface area contributed by atoms with Gasteiger partial charge < -0.3 is 9.64 Å². The molecule has 0 bridgehead atoms. The lowest BCUT2D eigenvalue weighted by Gasteiger charge is -2.39. The summed E-state index contributed by atoms with van der Waals surface area (Å²) in [7, 11) is 1.56. The van der Waals surface area contributed by atoms with Gasteiger partial charge in [0, 0.05) is 37.2 Å². The number of hydrogen-bond acceptors (Lipinski definition) is 4. The van der Waals surface area contributed by atoms with Crippen LogP contribution in [-0.4, -0.2) is 47.0 Å². The Hall–Kier alpha value is -1.40. The van der Waals surface area contributed by atoms with Crippen LogP contribution in [0.3, 0.4) is 0 Å². The number of carbonyl (C=O) groups is 1. The molecule has 0 saturated carbocycles. The zero-order valence-corrected chi connectivity index (χ0v) is 13.6. The summed E-state index contributed by atoms with van der Waals surface area (Å²) in [6, 6.07) is 0. The van der Waals surface area contributed by atoms with Crippen LogP contribution >= 0.6 is 11.3 Å². The fourth-order valence-corrected chi connectivity index (χ4v) is 4.24. The number of thiazole rings is 1. The van der Waals surface area contributed by atoms with Gasteiger partial charge in [-0.3, -0.25) is 9.20 Å². The van der Waals surface area contributed by atoms with Crippen molar-refractivity contribution in [2.45, 2.75) is 32.1 Å². The van der Waals surface area contributed by atoms with Crippen molar-refractivity contribution in [2.75, 3.05) is 26.8 Å². The summed E-state index contributed by atoms with van der Waals surface area (Å²) in [5.74, 6) is 1.09. The van der Waals surface area contributed by atoms with E-state index in [-0.39, 0.29) is 17.9 Å². The molecule has 2 aromatic heterocycles. The second-order valence-corrected chi connectivity index (χ2v) is 6.89. The number of rotatable bonds is 3. The van der Waals surface area contributed by atoms with Crippen LogP contribution in [0, 0.1) is 6.92 Å². The van der Waals surface area contributed by atoms with Gasteiger partial charge in [0.1, 0.15) is 17.3 Å². The molecule has 3 rings (SSSR count). The summed E-state index contributed by atoms with van der Waals surface area (Å²) >= 11 is 1.72. The highest BCUT2D eigenvalue weighted by Gasteiger charge is 2.38. The highest BCUT2D eigenvalue weighted by atomic mass is 32.1. The van der Waals surface area contributed by atoms with Crippen LogP contribution in [-0.2, 0) is 14.9 Å². The van der Waals surface area contributed by atoms with Crippen LogP contribution in [0.4, 0.5) is 0 Å². The van der Waals surface area contributed by atoms with E-state index in [2.05, 4.69) is 22.9 Å². The lowest BCUT2D eigenvalue weighted by atomic mass is 9.79. The predicted octanol–water partition coefficient (Wildman–Crippen LogP) is 2.23. The Labute approximate surface area is 128 Å². The first-order valence-corrected chi connectivity index (χ1v) is 8.12. The van der Waals surface area contributed by atoms with E-state index in [1.165, 1.54) is 4.83 Å². The molecule has 114 valence electrons. The molecule has 1 amide bonds. The van der Waals surface area contributed by atoms with Crippen molar-refractivity contribution in [1.82, 2.24) is 14.3 Å². The molecule has 3 heterocycles. The minimum Gasteiger partial charge on any atom is -0.375 e. The van der Waals surface area contributed by atoms with E-state index in [0.29, 0.717) is 0 Å². The largest absolute Gasteiger partial charge is 0.375 e. The Kier molecular flexibility index (Phi) is 3.75. The van der Waals surface area contributed by atoms with Gasteiger partial charge in [0.2, 0.25) is 5.91 Å². The molecule has 1 atom stereocenters. The van der Waals surface area contributed by atoms with E-state index in [0.717, 1.165) is 37.4 Å². The lowest BCUT2D eigenvalue weighted by Crippen LogP contribution is -2.48. The number of hydrogen-bond donors (Lipinski definition) is 0. The van der Waals surface area contributed by atoms with Gasteiger partial charge in [-0.05, 0) is 19.8 Å². The number of nitrogens with zero attached hydrogens (tertiary/aromatic N) is 3. The van der Waals surface area contributed by atoms with Crippen molar-refractivity contribution >= 4 is 22.1 Å². The van der Waals surface area contributed by atoms with Crippen molar-refractivity contribution in [2.24, 2.45) is 0 Å². The molecule has 1 saturated heterocycles. The van der Waals surface area contributed by atoms with Crippen molar-refractivity contribution in [3.8, 4) is 0 Å². The molecule has 1 fully saturated rings. The first-order valence-electron chi connectivity index (χ1n) is 7.24. The average molecular weight is 307 g/mol. The third-order valence-electron chi connectivity index (χ3n) is 4.32. The van der Waals surface area contributed by atoms with Crippen molar-refractivity contribution in [3.05, 3.63) is 23.1 Å². The standard InChI is InChI=1S/C15H21N3O2S/c1-11-16-13(14-18(11)7-8-21-14)15(2)5-4-6-17(10-15)12(19)9-20-3/h7-8H,4-6,9-10H2,1-3H3. The summed E-state index contributed by atoms with van der Waals surface area (Å²) in [4.78, 5) is 20.0. The van der Waals surface area contributed by atoms with Crippen LogP contribution in [0.15, 0.2) is 11.6 Å². The highest BCUT2D eigenvalue weighted by molar-refractivity contribution is 7.15.